The molecule has 0 unspecified atom stereocenters. The summed E-state index contributed by atoms with van der Waals surface area (Å²) in [7, 11) is 0. The number of nitrogens with zero attached hydrogens (tertiary/aromatic N) is 2. The van der Waals surface area contributed by atoms with Crippen LogP contribution in [0.3, 0.4) is 0 Å². The van der Waals surface area contributed by atoms with E-state index in [0.717, 1.165) is 11.3 Å². The molecule has 3 aromatic rings. The van der Waals surface area contributed by atoms with Crippen LogP contribution in [-0.4, -0.2) is 4.57 Å². The van der Waals surface area contributed by atoms with Gasteiger partial charge in [-0.25, -0.2) is 0 Å². The first-order chi connectivity index (χ1) is 13.1. The molecule has 4 rings (SSSR count). The van der Waals surface area contributed by atoms with E-state index in [2.05, 4.69) is 6.07 Å². The van der Waals surface area contributed by atoms with Crippen LogP contribution in [0, 0.1) is 18.3 Å². The third-order valence-corrected chi connectivity index (χ3v) is 4.72. The second kappa shape index (κ2) is 6.54. The lowest BCUT2D eigenvalue weighted by Crippen LogP contribution is -2.33. The monoisotopic (exact) mass is 359 g/mol. The van der Waals surface area contributed by atoms with Gasteiger partial charge in [0.05, 0.1) is 24.3 Å². The number of furan rings is 1. The van der Waals surface area contributed by atoms with E-state index >= 15 is 0 Å². The fourth-order valence-electron chi connectivity index (χ4n) is 3.42. The summed E-state index contributed by atoms with van der Waals surface area (Å²) < 4.78 is 12.6. The molecule has 0 aliphatic carbocycles. The second-order valence-corrected chi connectivity index (χ2v) is 6.37. The second-order valence-electron chi connectivity index (χ2n) is 6.37. The lowest BCUT2D eigenvalue weighted by atomic mass is 9.84. The Balaban J connectivity index is 1.95. The van der Waals surface area contributed by atoms with Crippen molar-refractivity contribution in [2.45, 2.75) is 19.4 Å². The van der Waals surface area contributed by atoms with Crippen LogP contribution in [0.4, 0.5) is 0 Å². The lowest BCUT2D eigenvalue weighted by molar-refractivity contribution is 0.387. The number of pyridine rings is 1. The van der Waals surface area contributed by atoms with Crippen molar-refractivity contribution >= 4 is 0 Å². The molecule has 0 bridgehead atoms. The molecule has 2 aromatic heterocycles. The molecule has 0 saturated carbocycles. The average molecular weight is 359 g/mol. The Bertz CT molecular complexity index is 1120. The Morgan fingerprint density at radius 1 is 1.22 bits per heavy atom. The zero-order chi connectivity index (χ0) is 19.0. The number of aromatic nitrogens is 1. The molecule has 6 heteroatoms. The van der Waals surface area contributed by atoms with Gasteiger partial charge in [-0.3, -0.25) is 4.79 Å². The maximum Gasteiger partial charge on any atom is 0.259 e. The van der Waals surface area contributed by atoms with Crippen molar-refractivity contribution in [1.82, 2.24) is 4.57 Å². The molecule has 0 spiro atoms. The van der Waals surface area contributed by atoms with Gasteiger partial charge in [0.15, 0.2) is 0 Å². The van der Waals surface area contributed by atoms with E-state index < -0.39 is 5.92 Å². The quantitative estimate of drug-likeness (QED) is 0.776. The molecule has 3 heterocycles. The van der Waals surface area contributed by atoms with Gasteiger partial charge in [0.1, 0.15) is 23.2 Å². The van der Waals surface area contributed by atoms with Crippen molar-refractivity contribution in [1.29, 1.82) is 5.26 Å². The molecule has 1 aromatic carbocycles. The largest absolute Gasteiger partial charge is 0.467 e. The molecule has 2 N–H and O–H groups in total. The summed E-state index contributed by atoms with van der Waals surface area (Å²) in [5.41, 5.74) is 7.94. The van der Waals surface area contributed by atoms with Crippen LogP contribution in [-0.2, 0) is 6.54 Å². The van der Waals surface area contributed by atoms with E-state index in [1.165, 1.54) is 0 Å². The van der Waals surface area contributed by atoms with Gasteiger partial charge in [0, 0.05) is 11.8 Å². The Labute approximate surface area is 155 Å². The molecule has 0 amide bonds. The van der Waals surface area contributed by atoms with Gasteiger partial charge in [-0.15, -0.1) is 0 Å². The summed E-state index contributed by atoms with van der Waals surface area (Å²) in [5.74, 6) is 0.514. The Morgan fingerprint density at radius 2 is 2.00 bits per heavy atom. The smallest absolute Gasteiger partial charge is 0.259 e. The molecule has 0 fully saturated rings. The first-order valence-corrected chi connectivity index (χ1v) is 8.49. The van der Waals surface area contributed by atoms with Crippen molar-refractivity contribution in [3.05, 3.63) is 99.2 Å². The summed E-state index contributed by atoms with van der Waals surface area (Å²) in [6.07, 6.45) is 1.57. The maximum absolute atomic E-state index is 13.4. The van der Waals surface area contributed by atoms with E-state index in [1.54, 1.807) is 23.0 Å². The number of aryl methyl sites for hydroxylation is 1. The summed E-state index contributed by atoms with van der Waals surface area (Å²) in [4.78, 5) is 13.4. The number of rotatable bonds is 3. The Kier molecular flexibility index (Phi) is 4.05. The van der Waals surface area contributed by atoms with Crippen LogP contribution in [0.15, 0.2) is 75.5 Å². The minimum absolute atomic E-state index is 0.0291. The molecule has 0 radical (unpaired) electrons. The molecule has 134 valence electrons. The van der Waals surface area contributed by atoms with Crippen LogP contribution in [0.2, 0.25) is 0 Å². The van der Waals surface area contributed by atoms with Crippen LogP contribution in [0.5, 0.6) is 5.75 Å². The van der Waals surface area contributed by atoms with E-state index in [0.29, 0.717) is 23.6 Å². The number of nitriles is 1. The fourth-order valence-corrected chi connectivity index (χ4v) is 3.42. The van der Waals surface area contributed by atoms with Gasteiger partial charge < -0.3 is 19.5 Å². The van der Waals surface area contributed by atoms with Gasteiger partial charge in [-0.05, 0) is 24.6 Å². The molecule has 0 saturated heterocycles. The van der Waals surface area contributed by atoms with Crippen LogP contribution < -0.4 is 16.0 Å². The zero-order valence-electron chi connectivity index (χ0n) is 14.7. The molecular weight excluding hydrogens is 342 g/mol. The summed E-state index contributed by atoms with van der Waals surface area (Å²) in [6, 6.07) is 16.8. The van der Waals surface area contributed by atoms with Crippen molar-refractivity contribution in [2.75, 3.05) is 0 Å². The Hall–Kier alpha value is -3.72. The molecular formula is C21H17N3O3. The predicted molar refractivity (Wildman–Crippen MR) is 99.0 cm³/mol. The molecule has 1 aliphatic rings. The first-order valence-electron chi connectivity index (χ1n) is 8.49. The highest BCUT2D eigenvalue weighted by Crippen LogP contribution is 2.40. The summed E-state index contributed by atoms with van der Waals surface area (Å²) in [6.45, 7) is 2.12. The normalized spacial score (nSPS) is 15.8. The van der Waals surface area contributed by atoms with Crippen molar-refractivity contribution in [3.8, 4) is 11.8 Å². The van der Waals surface area contributed by atoms with Gasteiger partial charge in [0.25, 0.3) is 5.56 Å². The molecule has 6 nitrogen and oxygen atoms in total. The third kappa shape index (κ3) is 2.79. The van der Waals surface area contributed by atoms with Crippen LogP contribution >= 0.6 is 0 Å². The number of hydrogen-bond acceptors (Lipinski definition) is 5. The number of allylic oxidation sites excluding steroid dienone is 1. The topological polar surface area (TPSA) is 94.2 Å². The number of fused-ring (bicyclic) bond motifs is 1. The minimum Gasteiger partial charge on any atom is -0.467 e. The van der Waals surface area contributed by atoms with E-state index in [-0.39, 0.29) is 17.0 Å². The van der Waals surface area contributed by atoms with Gasteiger partial charge in [0.2, 0.25) is 5.88 Å². The zero-order valence-corrected chi connectivity index (χ0v) is 14.7. The number of nitrogens with two attached hydrogens (primary N) is 1. The van der Waals surface area contributed by atoms with Crippen molar-refractivity contribution in [2.24, 2.45) is 5.73 Å². The predicted octanol–water partition coefficient (Wildman–Crippen LogP) is 3.02. The highest BCUT2D eigenvalue weighted by atomic mass is 16.5. The van der Waals surface area contributed by atoms with Crippen molar-refractivity contribution in [3.63, 3.8) is 0 Å². The number of benzene rings is 1. The standard InChI is InChI=1S/C21H17N3O3/c1-13-10-17-19(21(25)24(13)12-15-8-5-9-26-15)18(14-6-3-2-4-7-14)16(11-22)20(23)27-17/h2-10,18H,12,23H2,1H3/t18-/m0/s1. The highest BCUT2D eigenvalue weighted by molar-refractivity contribution is 5.55. The van der Waals surface area contributed by atoms with E-state index in [9.17, 15) is 10.1 Å². The number of ether oxygens (including phenoxy) is 1. The molecule has 1 atom stereocenters. The molecule has 1 aliphatic heterocycles. The molecule has 27 heavy (non-hydrogen) atoms. The average Bonchev–Trinajstić information content (AvgIpc) is 3.18. The Morgan fingerprint density at radius 3 is 2.67 bits per heavy atom. The SMILES string of the molecule is Cc1cc2c(c(=O)n1Cc1ccco1)[C@@H](c1ccccc1)C(C#N)=C(N)O2. The minimum atomic E-state index is -0.573. The van der Waals surface area contributed by atoms with E-state index in [4.69, 9.17) is 14.9 Å². The van der Waals surface area contributed by atoms with Gasteiger partial charge in [-0.2, -0.15) is 5.26 Å². The van der Waals surface area contributed by atoms with Crippen molar-refractivity contribution < 1.29 is 9.15 Å². The summed E-state index contributed by atoms with van der Waals surface area (Å²) in [5, 5.41) is 9.65. The highest BCUT2D eigenvalue weighted by Gasteiger charge is 2.34. The van der Waals surface area contributed by atoms with Crippen LogP contribution in [0.25, 0.3) is 0 Å². The summed E-state index contributed by atoms with van der Waals surface area (Å²) >= 11 is 0. The number of hydrogen-bond donors (Lipinski definition) is 1. The van der Waals surface area contributed by atoms with E-state index in [1.807, 2.05) is 43.3 Å². The fraction of sp³-hybridized carbons (Fsp3) is 0.143. The maximum atomic E-state index is 13.4. The van der Waals surface area contributed by atoms with Crippen LogP contribution in [0.1, 0.15) is 28.5 Å². The lowest BCUT2D eigenvalue weighted by Gasteiger charge is -2.27. The first kappa shape index (κ1) is 16.7. The van der Waals surface area contributed by atoms with Gasteiger partial charge in [-0.1, -0.05) is 30.3 Å². The van der Waals surface area contributed by atoms with Gasteiger partial charge >= 0.3 is 0 Å². The third-order valence-electron chi connectivity index (χ3n) is 4.72.